The summed E-state index contributed by atoms with van der Waals surface area (Å²) in [6, 6.07) is 2.70. The van der Waals surface area contributed by atoms with Crippen molar-refractivity contribution in [3.63, 3.8) is 0 Å². The largest absolute Gasteiger partial charge is 0.502 e. The first kappa shape index (κ1) is 32.7. The van der Waals surface area contributed by atoms with Gasteiger partial charge in [-0.1, -0.05) is 23.8 Å². The van der Waals surface area contributed by atoms with Gasteiger partial charge in [0, 0.05) is 5.92 Å². The van der Waals surface area contributed by atoms with Gasteiger partial charge in [0.05, 0.1) is 26.1 Å². The van der Waals surface area contributed by atoms with Crippen LogP contribution in [-0.4, -0.2) is 63.0 Å². The van der Waals surface area contributed by atoms with Crippen molar-refractivity contribution >= 4 is 58.6 Å². The van der Waals surface area contributed by atoms with Crippen molar-refractivity contribution in [1.82, 2.24) is 5.06 Å². The van der Waals surface area contributed by atoms with E-state index in [0.29, 0.717) is 0 Å². The molecule has 0 spiro atoms. The van der Waals surface area contributed by atoms with Crippen molar-refractivity contribution in [3.8, 4) is 17.2 Å². The number of aromatic hydroxyl groups is 1. The third kappa shape index (κ3) is 4.18. The van der Waals surface area contributed by atoms with E-state index in [1.54, 1.807) is 0 Å². The van der Waals surface area contributed by atoms with E-state index in [0.717, 1.165) is 0 Å². The molecule has 1 saturated carbocycles. The predicted molar refractivity (Wildman–Crippen MR) is 151 cm³/mol. The molecule has 248 valence electrons. The van der Waals surface area contributed by atoms with Crippen molar-refractivity contribution < 1.29 is 60.9 Å². The van der Waals surface area contributed by atoms with Gasteiger partial charge in [-0.05, 0) is 36.5 Å². The number of benzene rings is 2. The molecule has 4 aliphatic rings. The fourth-order valence-corrected chi connectivity index (χ4v) is 7.91. The van der Waals surface area contributed by atoms with Crippen molar-refractivity contribution in [2.75, 3.05) is 19.1 Å². The number of alkyl halides is 2. The maximum absolute atomic E-state index is 15.0. The average molecular weight is 703 g/mol. The second-order valence-corrected chi connectivity index (χ2v) is 12.6. The lowest BCUT2D eigenvalue weighted by atomic mass is 9.57. The number of phenols is 1. The van der Waals surface area contributed by atoms with Gasteiger partial charge >= 0.3 is 0 Å². The molecule has 0 radical (unpaired) electrons. The third-order valence-corrected chi connectivity index (χ3v) is 10.7. The second-order valence-electron chi connectivity index (χ2n) is 11.4. The van der Waals surface area contributed by atoms with Crippen molar-refractivity contribution in [3.05, 3.63) is 64.5 Å². The van der Waals surface area contributed by atoms with E-state index in [-0.39, 0.29) is 44.8 Å². The number of anilines is 1. The highest BCUT2D eigenvalue weighted by atomic mass is 35.5. The van der Waals surface area contributed by atoms with Crippen LogP contribution in [0.1, 0.15) is 18.4 Å². The normalized spacial score (nSPS) is 30.1. The molecular formula is C30H21Cl2F5N2O8. The Bertz CT molecular complexity index is 1820. The van der Waals surface area contributed by atoms with Gasteiger partial charge in [0.1, 0.15) is 5.69 Å². The molecule has 6 atom stereocenters. The van der Waals surface area contributed by atoms with Crippen molar-refractivity contribution in [1.29, 1.82) is 0 Å². The lowest BCUT2D eigenvalue weighted by molar-refractivity contribution is -0.173. The van der Waals surface area contributed by atoms with Crippen LogP contribution >= 0.6 is 23.2 Å². The van der Waals surface area contributed by atoms with E-state index in [9.17, 15) is 42.7 Å². The van der Waals surface area contributed by atoms with Gasteiger partial charge < -0.3 is 14.6 Å². The number of rotatable bonds is 5. The number of amides is 4. The van der Waals surface area contributed by atoms with Gasteiger partial charge in [-0.25, -0.2) is 26.9 Å². The maximum atomic E-state index is 15.0. The number of nitrogens with zero attached hydrogens (tertiary/aromatic N) is 2. The standard InChI is InChI=1S/C30H21Cl2F5N2O8/c1-46-15-7-10(8-16(47-2)24(15)40)3-6-14-11-4-5-12-17(26(42)39(45)25(12)41)13(11)9-29(31)27(43)38(28(44)30(14,29)32)23-21(36)19(34)18(33)20(35)22(23)37/h3-4,6-8,12-14,17,40,45H,5,9H2,1-2H3. The molecule has 2 saturated heterocycles. The van der Waals surface area contributed by atoms with E-state index in [2.05, 4.69) is 0 Å². The monoisotopic (exact) mass is 702 g/mol. The zero-order valence-electron chi connectivity index (χ0n) is 24.0. The van der Waals surface area contributed by atoms with E-state index in [1.807, 2.05) is 0 Å². The molecule has 2 aliphatic heterocycles. The molecule has 3 fully saturated rings. The molecule has 10 nitrogen and oxygen atoms in total. The highest BCUT2D eigenvalue weighted by Gasteiger charge is 2.76. The molecule has 4 amide bonds. The summed E-state index contributed by atoms with van der Waals surface area (Å²) in [7, 11) is 2.52. The molecule has 0 bridgehead atoms. The Morgan fingerprint density at radius 3 is 1.98 bits per heavy atom. The molecule has 6 unspecified atom stereocenters. The van der Waals surface area contributed by atoms with E-state index < -0.39 is 98.2 Å². The summed E-state index contributed by atoms with van der Waals surface area (Å²) in [6.07, 6.45) is 3.22. The molecular weight excluding hydrogens is 682 g/mol. The minimum atomic E-state index is -2.70. The highest BCUT2D eigenvalue weighted by Crippen LogP contribution is 2.63. The summed E-state index contributed by atoms with van der Waals surface area (Å²) in [4.78, 5) is 48.2. The first-order chi connectivity index (χ1) is 22.1. The van der Waals surface area contributed by atoms with Crippen LogP contribution in [0, 0.1) is 52.8 Å². The number of imide groups is 2. The van der Waals surface area contributed by atoms with E-state index in [1.165, 1.54) is 44.6 Å². The van der Waals surface area contributed by atoms with Crippen LogP contribution in [0.4, 0.5) is 27.6 Å². The Hall–Kier alpha value is -4.21. The number of halogens is 7. The third-order valence-electron chi connectivity index (χ3n) is 9.24. The summed E-state index contributed by atoms with van der Waals surface area (Å²) in [5, 5.41) is 20.4. The quantitative estimate of drug-likeness (QED) is 0.0879. The zero-order chi connectivity index (χ0) is 34.5. The topological polar surface area (TPSA) is 134 Å². The minimum Gasteiger partial charge on any atom is -0.502 e. The smallest absolute Gasteiger partial charge is 0.258 e. The number of phenolic OH excluding ortho intramolecular Hbond substituents is 1. The van der Waals surface area contributed by atoms with Crippen LogP contribution in [0.5, 0.6) is 17.2 Å². The summed E-state index contributed by atoms with van der Waals surface area (Å²) < 4.78 is 82.9. The summed E-state index contributed by atoms with van der Waals surface area (Å²) >= 11 is 13.9. The molecule has 2 heterocycles. The number of methoxy groups -OCH3 is 2. The Morgan fingerprint density at radius 2 is 1.43 bits per heavy atom. The number of ether oxygens (including phenoxy) is 2. The van der Waals surface area contributed by atoms with Gasteiger partial charge in [0.15, 0.2) is 44.5 Å². The number of fused-ring (bicyclic) bond motifs is 4. The number of hydrogen-bond donors (Lipinski definition) is 2. The summed E-state index contributed by atoms with van der Waals surface area (Å²) in [5.41, 5.74) is -1.45. The predicted octanol–water partition coefficient (Wildman–Crippen LogP) is 4.60. The van der Waals surface area contributed by atoms with Crippen LogP contribution in [0.25, 0.3) is 6.08 Å². The molecule has 47 heavy (non-hydrogen) atoms. The first-order valence-electron chi connectivity index (χ1n) is 13.7. The van der Waals surface area contributed by atoms with Crippen LogP contribution in [0.3, 0.4) is 0 Å². The van der Waals surface area contributed by atoms with Crippen LogP contribution in [0.15, 0.2) is 29.9 Å². The molecule has 17 heteroatoms. The maximum Gasteiger partial charge on any atom is 0.258 e. The van der Waals surface area contributed by atoms with Crippen LogP contribution in [0.2, 0.25) is 0 Å². The Labute approximate surface area is 271 Å². The van der Waals surface area contributed by atoms with Gasteiger partial charge in [-0.2, -0.15) is 5.06 Å². The Morgan fingerprint density at radius 1 is 0.872 bits per heavy atom. The van der Waals surface area contributed by atoms with E-state index in [4.69, 9.17) is 32.7 Å². The lowest BCUT2D eigenvalue weighted by Gasteiger charge is -2.49. The number of hydrogen-bond acceptors (Lipinski definition) is 8. The lowest BCUT2D eigenvalue weighted by Crippen LogP contribution is -2.60. The Kier molecular flexibility index (Phi) is 7.60. The number of carbonyl (C=O) groups is 4. The highest BCUT2D eigenvalue weighted by molar-refractivity contribution is 6.58. The van der Waals surface area contributed by atoms with Gasteiger partial charge in [-0.15, -0.1) is 23.2 Å². The van der Waals surface area contributed by atoms with Crippen molar-refractivity contribution in [2.24, 2.45) is 23.7 Å². The number of hydroxylamine groups is 2. The fraction of sp³-hybridized carbons (Fsp3) is 0.333. The van der Waals surface area contributed by atoms with E-state index >= 15 is 8.78 Å². The first-order valence-corrected chi connectivity index (χ1v) is 14.5. The van der Waals surface area contributed by atoms with Gasteiger partial charge in [0.25, 0.3) is 23.6 Å². The van der Waals surface area contributed by atoms with Crippen molar-refractivity contribution in [2.45, 2.75) is 22.6 Å². The number of allylic oxidation sites excluding steroid dienone is 3. The van der Waals surface area contributed by atoms with Gasteiger partial charge in [0.2, 0.25) is 11.6 Å². The molecule has 0 aromatic heterocycles. The van der Waals surface area contributed by atoms with Crippen LogP contribution in [-0.2, 0) is 19.2 Å². The second kappa shape index (κ2) is 10.9. The molecule has 6 rings (SSSR count). The molecule has 2 N–H and O–H groups in total. The number of carbonyl (C=O) groups excluding carboxylic acids is 4. The average Bonchev–Trinajstić information content (AvgIpc) is 3.36. The summed E-state index contributed by atoms with van der Waals surface area (Å²) in [5.74, 6) is -23.2. The molecule has 2 aliphatic carbocycles. The zero-order valence-corrected chi connectivity index (χ0v) is 25.5. The minimum absolute atomic E-state index is 0.0415. The fourth-order valence-electron chi connectivity index (χ4n) is 7.02. The van der Waals surface area contributed by atoms with Crippen LogP contribution < -0.4 is 14.4 Å². The molecule has 2 aromatic carbocycles. The summed E-state index contributed by atoms with van der Waals surface area (Å²) in [6.45, 7) is 0. The molecule has 2 aromatic rings. The SMILES string of the molecule is COc1cc(C=CC2C3=CCC4C(=O)N(O)C(=O)C4C3CC3(Cl)C(=O)N(c4c(F)c(F)c(F)c(F)c4F)C(=O)C23Cl)cc(OC)c1O. The Balaban J connectivity index is 1.57. The van der Waals surface area contributed by atoms with Gasteiger partial charge in [-0.3, -0.25) is 24.4 Å².